The Balaban J connectivity index is 2.39. The van der Waals surface area contributed by atoms with Gasteiger partial charge in [-0.3, -0.25) is 0 Å². The maximum atomic E-state index is 6.05. The summed E-state index contributed by atoms with van der Waals surface area (Å²) in [6.45, 7) is 5.15. The fraction of sp³-hybridized carbons (Fsp3) is 0.571. The molecule has 0 aliphatic rings. The van der Waals surface area contributed by atoms with Crippen molar-refractivity contribution in [3.63, 3.8) is 0 Å². The van der Waals surface area contributed by atoms with Gasteiger partial charge in [-0.05, 0) is 36.8 Å². The standard InChI is InChI=1S/C14H21ClO/c1-3-14(4-2,12-15)10-11-16-13-8-6-5-7-9-13/h5-9H,3-4,10-12H2,1-2H3. The van der Waals surface area contributed by atoms with Crippen LogP contribution in [0.1, 0.15) is 33.1 Å². The third-order valence-corrected chi connectivity index (χ3v) is 3.99. The van der Waals surface area contributed by atoms with Gasteiger partial charge in [0.1, 0.15) is 5.75 Å². The molecule has 0 amide bonds. The van der Waals surface area contributed by atoms with E-state index in [-0.39, 0.29) is 5.41 Å². The number of benzene rings is 1. The van der Waals surface area contributed by atoms with Crippen molar-refractivity contribution in [1.82, 2.24) is 0 Å². The molecule has 0 aromatic heterocycles. The van der Waals surface area contributed by atoms with E-state index >= 15 is 0 Å². The van der Waals surface area contributed by atoms with Crippen LogP contribution in [0.5, 0.6) is 5.75 Å². The molecule has 0 saturated heterocycles. The molecule has 2 heteroatoms. The van der Waals surface area contributed by atoms with Crippen LogP contribution in [0, 0.1) is 5.41 Å². The number of hydrogen-bond acceptors (Lipinski definition) is 1. The summed E-state index contributed by atoms with van der Waals surface area (Å²) in [5.41, 5.74) is 0.246. The van der Waals surface area contributed by atoms with Gasteiger partial charge in [-0.25, -0.2) is 0 Å². The number of ether oxygens (including phenoxy) is 1. The summed E-state index contributed by atoms with van der Waals surface area (Å²) in [5.74, 6) is 1.66. The summed E-state index contributed by atoms with van der Waals surface area (Å²) in [6.07, 6.45) is 3.26. The number of para-hydroxylation sites is 1. The van der Waals surface area contributed by atoms with Gasteiger partial charge in [-0.15, -0.1) is 11.6 Å². The average Bonchev–Trinajstić information content (AvgIpc) is 2.37. The lowest BCUT2D eigenvalue weighted by Crippen LogP contribution is -2.23. The zero-order valence-corrected chi connectivity index (χ0v) is 11.0. The van der Waals surface area contributed by atoms with Crippen LogP contribution in [0.4, 0.5) is 0 Å². The molecule has 0 radical (unpaired) electrons. The van der Waals surface area contributed by atoms with Crippen molar-refractivity contribution in [1.29, 1.82) is 0 Å². The molecule has 0 bridgehead atoms. The first-order valence-corrected chi connectivity index (χ1v) is 6.53. The largest absolute Gasteiger partial charge is 0.494 e. The van der Waals surface area contributed by atoms with Gasteiger partial charge in [-0.1, -0.05) is 32.0 Å². The molecule has 0 heterocycles. The lowest BCUT2D eigenvalue weighted by Gasteiger charge is -2.29. The first kappa shape index (κ1) is 13.4. The Kier molecular flexibility index (Phi) is 5.68. The molecule has 0 atom stereocenters. The van der Waals surface area contributed by atoms with Crippen LogP contribution in [-0.4, -0.2) is 12.5 Å². The van der Waals surface area contributed by atoms with Crippen LogP contribution >= 0.6 is 11.6 Å². The molecule has 0 fully saturated rings. The smallest absolute Gasteiger partial charge is 0.119 e. The summed E-state index contributed by atoms with van der Waals surface area (Å²) < 4.78 is 5.71. The van der Waals surface area contributed by atoms with Crippen LogP contribution in [0.15, 0.2) is 30.3 Å². The third-order valence-electron chi connectivity index (χ3n) is 3.43. The Morgan fingerprint density at radius 1 is 1.12 bits per heavy atom. The number of hydrogen-bond donors (Lipinski definition) is 0. The monoisotopic (exact) mass is 240 g/mol. The maximum absolute atomic E-state index is 6.05. The molecule has 0 unspecified atom stereocenters. The first-order chi connectivity index (χ1) is 7.76. The maximum Gasteiger partial charge on any atom is 0.119 e. The highest BCUT2D eigenvalue weighted by Crippen LogP contribution is 2.32. The van der Waals surface area contributed by atoms with Gasteiger partial charge >= 0.3 is 0 Å². The Hall–Kier alpha value is -0.690. The summed E-state index contributed by atoms with van der Waals surface area (Å²) in [5, 5.41) is 0. The third kappa shape index (κ3) is 3.71. The van der Waals surface area contributed by atoms with Gasteiger partial charge in [0, 0.05) is 5.88 Å². The fourth-order valence-electron chi connectivity index (χ4n) is 1.76. The Bertz CT molecular complexity index is 272. The van der Waals surface area contributed by atoms with E-state index in [1.807, 2.05) is 30.3 Å². The van der Waals surface area contributed by atoms with Crippen molar-refractivity contribution >= 4 is 11.6 Å². The molecule has 1 aromatic rings. The quantitative estimate of drug-likeness (QED) is 0.638. The van der Waals surface area contributed by atoms with Crippen LogP contribution in [0.25, 0.3) is 0 Å². The van der Waals surface area contributed by atoms with E-state index in [0.717, 1.165) is 37.5 Å². The average molecular weight is 241 g/mol. The minimum atomic E-state index is 0.246. The Labute approximate surface area is 104 Å². The normalized spacial score (nSPS) is 11.4. The van der Waals surface area contributed by atoms with E-state index in [0.29, 0.717) is 0 Å². The molecule has 1 aromatic carbocycles. The topological polar surface area (TPSA) is 9.23 Å². The van der Waals surface area contributed by atoms with E-state index in [4.69, 9.17) is 16.3 Å². The van der Waals surface area contributed by atoms with Crippen LogP contribution in [0.2, 0.25) is 0 Å². The molecule has 0 spiro atoms. The summed E-state index contributed by atoms with van der Waals surface area (Å²) in [7, 11) is 0. The Morgan fingerprint density at radius 2 is 1.75 bits per heavy atom. The van der Waals surface area contributed by atoms with Crippen molar-refractivity contribution in [3.05, 3.63) is 30.3 Å². The number of alkyl halides is 1. The lowest BCUT2D eigenvalue weighted by atomic mass is 9.81. The zero-order chi connectivity index (χ0) is 11.9. The highest BCUT2D eigenvalue weighted by molar-refractivity contribution is 6.18. The van der Waals surface area contributed by atoms with Gasteiger partial charge in [0.25, 0.3) is 0 Å². The molecule has 90 valence electrons. The highest BCUT2D eigenvalue weighted by Gasteiger charge is 2.24. The minimum Gasteiger partial charge on any atom is -0.494 e. The van der Waals surface area contributed by atoms with E-state index in [1.54, 1.807) is 0 Å². The van der Waals surface area contributed by atoms with Gasteiger partial charge < -0.3 is 4.74 Å². The van der Waals surface area contributed by atoms with Crippen LogP contribution in [-0.2, 0) is 0 Å². The van der Waals surface area contributed by atoms with Gasteiger partial charge in [0.2, 0.25) is 0 Å². The lowest BCUT2D eigenvalue weighted by molar-refractivity contribution is 0.203. The number of rotatable bonds is 7. The van der Waals surface area contributed by atoms with Crippen molar-refractivity contribution < 1.29 is 4.74 Å². The molecule has 1 nitrogen and oxygen atoms in total. The number of halogens is 1. The molecule has 0 saturated carbocycles. The fourth-order valence-corrected chi connectivity index (χ4v) is 2.27. The van der Waals surface area contributed by atoms with Crippen molar-refractivity contribution in [2.24, 2.45) is 5.41 Å². The van der Waals surface area contributed by atoms with Crippen molar-refractivity contribution in [2.75, 3.05) is 12.5 Å². The van der Waals surface area contributed by atoms with Crippen molar-refractivity contribution in [2.45, 2.75) is 33.1 Å². The molecule has 1 rings (SSSR count). The predicted octanol–water partition coefficient (Wildman–Crippen LogP) is 4.50. The highest BCUT2D eigenvalue weighted by atomic mass is 35.5. The van der Waals surface area contributed by atoms with E-state index in [1.165, 1.54) is 0 Å². The van der Waals surface area contributed by atoms with Gasteiger partial charge in [0.05, 0.1) is 6.61 Å². The zero-order valence-electron chi connectivity index (χ0n) is 10.2. The van der Waals surface area contributed by atoms with Gasteiger partial charge in [-0.2, -0.15) is 0 Å². The molecular formula is C14H21ClO. The van der Waals surface area contributed by atoms with E-state index < -0.39 is 0 Å². The van der Waals surface area contributed by atoms with Crippen molar-refractivity contribution in [3.8, 4) is 5.75 Å². The predicted molar refractivity (Wildman–Crippen MR) is 70.3 cm³/mol. The van der Waals surface area contributed by atoms with E-state index in [2.05, 4.69) is 13.8 Å². The second kappa shape index (κ2) is 6.80. The second-order valence-electron chi connectivity index (χ2n) is 4.25. The SMILES string of the molecule is CCC(CC)(CCl)CCOc1ccccc1. The molecule has 0 aliphatic heterocycles. The Morgan fingerprint density at radius 3 is 2.25 bits per heavy atom. The van der Waals surface area contributed by atoms with Crippen LogP contribution < -0.4 is 4.74 Å². The summed E-state index contributed by atoms with van der Waals surface area (Å²) in [4.78, 5) is 0. The molecule has 0 aliphatic carbocycles. The molecule has 16 heavy (non-hydrogen) atoms. The summed E-state index contributed by atoms with van der Waals surface area (Å²) >= 11 is 6.05. The first-order valence-electron chi connectivity index (χ1n) is 6.00. The molecular weight excluding hydrogens is 220 g/mol. The summed E-state index contributed by atoms with van der Waals surface area (Å²) in [6, 6.07) is 9.95. The second-order valence-corrected chi connectivity index (χ2v) is 4.52. The molecule has 0 N–H and O–H groups in total. The van der Waals surface area contributed by atoms with Crippen LogP contribution in [0.3, 0.4) is 0 Å². The van der Waals surface area contributed by atoms with Gasteiger partial charge in [0.15, 0.2) is 0 Å². The van der Waals surface area contributed by atoms with E-state index in [9.17, 15) is 0 Å². The minimum absolute atomic E-state index is 0.246.